The quantitative estimate of drug-likeness (QED) is 0.875. The third-order valence-electron chi connectivity index (χ3n) is 3.91. The van der Waals surface area contributed by atoms with Crippen molar-refractivity contribution in [1.82, 2.24) is 5.32 Å². The highest BCUT2D eigenvalue weighted by atomic mass is 32.2. The van der Waals surface area contributed by atoms with Crippen molar-refractivity contribution in [3.8, 4) is 5.75 Å². The fraction of sp³-hybridized carbons (Fsp3) is 0.625. The Balaban J connectivity index is 2.29. The number of nitrogens with one attached hydrogen (secondary N) is 1. The summed E-state index contributed by atoms with van der Waals surface area (Å²) in [6.07, 6.45) is 1.11. The molecule has 0 saturated carbocycles. The average Bonchev–Trinajstić information content (AvgIpc) is 2.52. The van der Waals surface area contributed by atoms with Gasteiger partial charge in [-0.05, 0) is 32.0 Å². The fourth-order valence-electron chi connectivity index (χ4n) is 2.76. The van der Waals surface area contributed by atoms with Crippen LogP contribution in [0.15, 0.2) is 18.2 Å². The summed E-state index contributed by atoms with van der Waals surface area (Å²) in [4.78, 5) is 2.34. The summed E-state index contributed by atoms with van der Waals surface area (Å²) in [6, 6.07) is 6.44. The van der Waals surface area contributed by atoms with Crippen LogP contribution in [-0.4, -0.2) is 42.5 Å². The van der Waals surface area contributed by atoms with Gasteiger partial charge < -0.3 is 15.0 Å². The number of rotatable bonds is 6. The second-order valence-electron chi connectivity index (χ2n) is 5.40. The van der Waals surface area contributed by atoms with Crippen LogP contribution in [-0.2, 0) is 10.8 Å². The maximum Gasteiger partial charge on any atom is 0.125 e. The minimum atomic E-state index is -0.652. The van der Waals surface area contributed by atoms with Crippen LogP contribution in [0.1, 0.15) is 31.9 Å². The molecular formula is C16H26N2O2S. The second kappa shape index (κ2) is 7.80. The van der Waals surface area contributed by atoms with E-state index in [1.54, 1.807) is 7.11 Å². The van der Waals surface area contributed by atoms with Crippen LogP contribution in [0.2, 0.25) is 0 Å². The predicted octanol–water partition coefficient (Wildman–Crippen LogP) is 2.32. The number of nitrogens with zero attached hydrogens (tertiary/aromatic N) is 1. The molecule has 1 heterocycles. The fourth-order valence-corrected chi connectivity index (χ4v) is 3.82. The lowest BCUT2D eigenvalue weighted by molar-refractivity contribution is 0.401. The normalized spacial score (nSPS) is 17.8. The van der Waals surface area contributed by atoms with Gasteiger partial charge in [-0.3, -0.25) is 4.21 Å². The molecule has 1 aromatic rings. The first kappa shape index (κ1) is 16.3. The van der Waals surface area contributed by atoms with Crippen LogP contribution in [0.25, 0.3) is 0 Å². The van der Waals surface area contributed by atoms with Crippen molar-refractivity contribution < 1.29 is 8.95 Å². The summed E-state index contributed by atoms with van der Waals surface area (Å²) < 4.78 is 17.1. The average molecular weight is 310 g/mol. The Bertz CT molecular complexity index is 483. The summed E-state index contributed by atoms with van der Waals surface area (Å²) in [5.74, 6) is 2.44. The molecule has 1 aromatic carbocycles. The van der Waals surface area contributed by atoms with E-state index in [1.807, 2.05) is 12.1 Å². The molecule has 0 bridgehead atoms. The topological polar surface area (TPSA) is 41.6 Å². The zero-order valence-electron chi connectivity index (χ0n) is 13.2. The summed E-state index contributed by atoms with van der Waals surface area (Å²) in [5, 5.41) is 3.54. The largest absolute Gasteiger partial charge is 0.496 e. The van der Waals surface area contributed by atoms with E-state index in [9.17, 15) is 4.21 Å². The van der Waals surface area contributed by atoms with E-state index in [1.165, 1.54) is 11.3 Å². The first-order valence-corrected chi connectivity index (χ1v) is 9.16. The third-order valence-corrected chi connectivity index (χ3v) is 5.19. The number of methoxy groups -OCH3 is 1. The molecule has 0 aromatic heterocycles. The van der Waals surface area contributed by atoms with Crippen molar-refractivity contribution in [3.05, 3.63) is 23.8 Å². The van der Waals surface area contributed by atoms with Gasteiger partial charge in [0.2, 0.25) is 0 Å². The Kier molecular flexibility index (Phi) is 6.06. The van der Waals surface area contributed by atoms with Gasteiger partial charge in [0.05, 0.1) is 7.11 Å². The van der Waals surface area contributed by atoms with E-state index in [2.05, 4.69) is 30.1 Å². The number of ether oxygens (including phenoxy) is 1. The lowest BCUT2D eigenvalue weighted by atomic mass is 10.0. The number of benzene rings is 1. The summed E-state index contributed by atoms with van der Waals surface area (Å²) in [7, 11) is 1.07. The van der Waals surface area contributed by atoms with Crippen LogP contribution in [0, 0.1) is 0 Å². The Morgan fingerprint density at radius 2 is 2.10 bits per heavy atom. The predicted molar refractivity (Wildman–Crippen MR) is 89.8 cm³/mol. The molecule has 1 aliphatic rings. The van der Waals surface area contributed by atoms with Gasteiger partial charge in [0.1, 0.15) is 5.75 Å². The molecule has 118 valence electrons. The lowest BCUT2D eigenvalue weighted by Gasteiger charge is -2.32. The van der Waals surface area contributed by atoms with Crippen molar-refractivity contribution in [2.45, 2.75) is 26.3 Å². The van der Waals surface area contributed by atoms with Gasteiger partial charge in [-0.1, -0.05) is 13.0 Å². The molecule has 0 spiro atoms. The highest BCUT2D eigenvalue weighted by Crippen LogP contribution is 2.35. The Hall–Kier alpha value is -1.07. The summed E-state index contributed by atoms with van der Waals surface area (Å²) in [5.41, 5.74) is 2.42. The van der Waals surface area contributed by atoms with Gasteiger partial charge in [-0.2, -0.15) is 0 Å². The molecule has 0 amide bonds. The summed E-state index contributed by atoms with van der Waals surface area (Å²) >= 11 is 0. The summed E-state index contributed by atoms with van der Waals surface area (Å²) in [6.45, 7) is 7.05. The second-order valence-corrected chi connectivity index (χ2v) is 7.10. The van der Waals surface area contributed by atoms with Crippen molar-refractivity contribution in [3.63, 3.8) is 0 Å². The molecule has 1 N–H and O–H groups in total. The Morgan fingerprint density at radius 1 is 1.38 bits per heavy atom. The van der Waals surface area contributed by atoms with Gasteiger partial charge in [0.15, 0.2) is 0 Å². The molecule has 1 atom stereocenters. The molecule has 21 heavy (non-hydrogen) atoms. The number of anilines is 1. The van der Waals surface area contributed by atoms with Gasteiger partial charge >= 0.3 is 0 Å². The maximum atomic E-state index is 11.6. The van der Waals surface area contributed by atoms with Crippen LogP contribution >= 0.6 is 0 Å². The first-order valence-electron chi connectivity index (χ1n) is 7.67. The van der Waals surface area contributed by atoms with E-state index in [0.29, 0.717) is 0 Å². The lowest BCUT2D eigenvalue weighted by Crippen LogP contribution is -2.38. The molecule has 4 nitrogen and oxygen atoms in total. The molecule has 1 fully saturated rings. The molecule has 1 saturated heterocycles. The molecular weight excluding hydrogens is 284 g/mol. The van der Waals surface area contributed by atoms with Crippen LogP contribution in [0.3, 0.4) is 0 Å². The van der Waals surface area contributed by atoms with E-state index < -0.39 is 10.8 Å². The monoisotopic (exact) mass is 310 g/mol. The standard InChI is InChI=1S/C16H26N2O2S/c1-4-8-17-13(2)16-14(6-5-7-15(16)20-3)18-9-11-21(19)12-10-18/h5-7,13,17H,4,8-12H2,1-3H3. The molecule has 1 unspecified atom stereocenters. The van der Waals surface area contributed by atoms with Crippen molar-refractivity contribution in [1.29, 1.82) is 0 Å². The highest BCUT2D eigenvalue weighted by Gasteiger charge is 2.22. The third kappa shape index (κ3) is 3.98. The van der Waals surface area contributed by atoms with Crippen LogP contribution in [0.4, 0.5) is 5.69 Å². The van der Waals surface area contributed by atoms with Crippen molar-refractivity contribution in [2.24, 2.45) is 0 Å². The Labute approximate surface area is 130 Å². The zero-order valence-corrected chi connectivity index (χ0v) is 14.0. The number of hydrogen-bond acceptors (Lipinski definition) is 4. The van der Waals surface area contributed by atoms with E-state index in [-0.39, 0.29) is 6.04 Å². The van der Waals surface area contributed by atoms with Crippen molar-refractivity contribution in [2.75, 3.05) is 43.1 Å². The zero-order chi connectivity index (χ0) is 15.2. The molecule has 5 heteroatoms. The van der Waals surface area contributed by atoms with E-state index >= 15 is 0 Å². The van der Waals surface area contributed by atoms with Crippen LogP contribution in [0.5, 0.6) is 5.75 Å². The SMILES string of the molecule is CCCNC(C)c1c(OC)cccc1N1CCS(=O)CC1. The number of hydrogen-bond donors (Lipinski definition) is 1. The Morgan fingerprint density at radius 3 is 2.71 bits per heavy atom. The minimum Gasteiger partial charge on any atom is -0.496 e. The van der Waals surface area contributed by atoms with Gasteiger partial charge in [-0.25, -0.2) is 0 Å². The van der Waals surface area contributed by atoms with E-state index in [4.69, 9.17) is 4.74 Å². The smallest absolute Gasteiger partial charge is 0.125 e. The van der Waals surface area contributed by atoms with Gasteiger partial charge in [0, 0.05) is 52.7 Å². The van der Waals surface area contributed by atoms with Gasteiger partial charge in [-0.15, -0.1) is 0 Å². The first-order chi connectivity index (χ1) is 10.2. The molecule has 0 radical (unpaired) electrons. The van der Waals surface area contributed by atoms with Crippen molar-refractivity contribution >= 4 is 16.5 Å². The van der Waals surface area contributed by atoms with E-state index in [0.717, 1.165) is 43.3 Å². The van der Waals surface area contributed by atoms with Crippen LogP contribution < -0.4 is 15.0 Å². The minimum absolute atomic E-state index is 0.239. The highest BCUT2D eigenvalue weighted by molar-refractivity contribution is 7.85. The molecule has 0 aliphatic carbocycles. The van der Waals surface area contributed by atoms with Gasteiger partial charge in [0.25, 0.3) is 0 Å². The maximum absolute atomic E-state index is 11.6. The molecule has 2 rings (SSSR count). The molecule has 1 aliphatic heterocycles.